The highest BCUT2D eigenvalue weighted by atomic mass is 35.5. The van der Waals surface area contributed by atoms with Crippen molar-refractivity contribution in [2.45, 2.75) is 19.5 Å². The van der Waals surface area contributed by atoms with E-state index >= 15 is 0 Å². The highest BCUT2D eigenvalue weighted by molar-refractivity contribution is 7.15. The van der Waals surface area contributed by atoms with Crippen molar-refractivity contribution >= 4 is 45.6 Å². The molecule has 1 amide bonds. The average molecular weight is 466 g/mol. The van der Waals surface area contributed by atoms with Gasteiger partial charge >= 0.3 is 0 Å². The normalized spacial score (nSPS) is 13.3. The van der Waals surface area contributed by atoms with Crippen LogP contribution in [0.25, 0.3) is 10.8 Å². The van der Waals surface area contributed by atoms with Crippen LogP contribution >= 0.6 is 23.7 Å². The summed E-state index contributed by atoms with van der Waals surface area (Å²) in [5.41, 5.74) is 2.92. The van der Waals surface area contributed by atoms with Gasteiger partial charge in [0.15, 0.2) is 5.13 Å². The standard InChI is InChI=1S/C25H23N3O2S.ClH/c1-30-22-14-19-10-6-5-9-18(19)13-20(22)24(29)27-25-26-21-11-12-28(16-23(21)31-25)15-17-7-3-2-4-8-17;/h2-10,13-14H,11-12,15-16H2,1H3,(H,26,27,29);1H. The topological polar surface area (TPSA) is 54.5 Å². The summed E-state index contributed by atoms with van der Waals surface area (Å²) in [7, 11) is 1.59. The Morgan fingerprint density at radius 3 is 2.56 bits per heavy atom. The number of benzene rings is 3. The lowest BCUT2D eigenvalue weighted by molar-refractivity contribution is 0.102. The van der Waals surface area contributed by atoms with Crippen molar-refractivity contribution in [1.82, 2.24) is 9.88 Å². The lowest BCUT2D eigenvalue weighted by Crippen LogP contribution is -2.29. The summed E-state index contributed by atoms with van der Waals surface area (Å²) in [6.07, 6.45) is 0.897. The summed E-state index contributed by atoms with van der Waals surface area (Å²) < 4.78 is 5.48. The number of thiazole rings is 1. The number of nitrogens with zero attached hydrogens (tertiary/aromatic N) is 2. The monoisotopic (exact) mass is 465 g/mol. The molecule has 0 fully saturated rings. The molecule has 4 aromatic rings. The van der Waals surface area contributed by atoms with Crippen LogP contribution in [-0.2, 0) is 19.5 Å². The molecule has 7 heteroatoms. The van der Waals surface area contributed by atoms with E-state index in [1.807, 2.05) is 42.5 Å². The SMILES string of the molecule is COc1cc2ccccc2cc1C(=O)Nc1nc2c(s1)CN(Cc1ccccc1)CC2.Cl. The molecule has 0 spiro atoms. The molecule has 1 aliphatic heterocycles. The molecule has 0 saturated carbocycles. The Morgan fingerprint density at radius 1 is 1.09 bits per heavy atom. The number of rotatable bonds is 5. The van der Waals surface area contributed by atoms with Crippen LogP contribution in [0.5, 0.6) is 5.75 Å². The molecule has 1 aromatic heterocycles. The highest BCUT2D eigenvalue weighted by Gasteiger charge is 2.22. The average Bonchev–Trinajstić information content (AvgIpc) is 3.20. The van der Waals surface area contributed by atoms with Gasteiger partial charge in [-0.3, -0.25) is 15.0 Å². The molecule has 5 nitrogen and oxygen atoms in total. The fraction of sp³-hybridized carbons (Fsp3) is 0.200. The molecule has 0 saturated heterocycles. The second-order valence-corrected chi connectivity index (χ2v) is 8.77. The zero-order valence-electron chi connectivity index (χ0n) is 17.7. The molecule has 1 aliphatic rings. The van der Waals surface area contributed by atoms with Gasteiger partial charge in [0.25, 0.3) is 5.91 Å². The van der Waals surface area contributed by atoms with Crippen LogP contribution in [0.15, 0.2) is 66.7 Å². The second-order valence-electron chi connectivity index (χ2n) is 7.69. The van der Waals surface area contributed by atoms with Crippen molar-refractivity contribution in [2.75, 3.05) is 19.0 Å². The fourth-order valence-electron chi connectivity index (χ4n) is 4.01. The van der Waals surface area contributed by atoms with Gasteiger partial charge in [-0.1, -0.05) is 54.6 Å². The minimum atomic E-state index is -0.199. The van der Waals surface area contributed by atoms with Crippen molar-refractivity contribution in [1.29, 1.82) is 0 Å². The number of carbonyl (C=O) groups excluding carboxylic acids is 1. The lowest BCUT2D eigenvalue weighted by atomic mass is 10.1. The minimum absolute atomic E-state index is 0. The Balaban J connectivity index is 0.00000245. The van der Waals surface area contributed by atoms with Gasteiger partial charge < -0.3 is 4.74 Å². The van der Waals surface area contributed by atoms with Crippen molar-refractivity contribution in [2.24, 2.45) is 0 Å². The molecule has 0 radical (unpaired) electrons. The van der Waals surface area contributed by atoms with Crippen LogP contribution in [0, 0.1) is 0 Å². The van der Waals surface area contributed by atoms with Gasteiger partial charge in [-0.25, -0.2) is 4.98 Å². The molecule has 1 N–H and O–H groups in total. The number of carbonyl (C=O) groups is 1. The van der Waals surface area contributed by atoms with Crippen molar-refractivity contribution < 1.29 is 9.53 Å². The lowest BCUT2D eigenvalue weighted by Gasteiger charge is -2.25. The molecule has 164 valence electrons. The van der Waals surface area contributed by atoms with E-state index in [1.165, 1.54) is 10.4 Å². The first kappa shape index (κ1) is 22.3. The van der Waals surface area contributed by atoms with E-state index in [-0.39, 0.29) is 18.3 Å². The third-order valence-electron chi connectivity index (χ3n) is 5.59. The summed E-state index contributed by atoms with van der Waals surface area (Å²) in [5.74, 6) is 0.362. The van der Waals surface area contributed by atoms with E-state index in [0.29, 0.717) is 16.4 Å². The van der Waals surface area contributed by atoms with E-state index < -0.39 is 0 Å². The number of amides is 1. The maximum atomic E-state index is 13.0. The van der Waals surface area contributed by atoms with Crippen LogP contribution in [0.2, 0.25) is 0 Å². The zero-order valence-corrected chi connectivity index (χ0v) is 19.3. The number of halogens is 1. The summed E-state index contributed by atoms with van der Waals surface area (Å²) in [5, 5.41) is 5.68. The van der Waals surface area contributed by atoms with E-state index in [2.05, 4.69) is 34.5 Å². The molecule has 0 bridgehead atoms. The third kappa shape index (κ3) is 4.63. The molecule has 0 atom stereocenters. The van der Waals surface area contributed by atoms with E-state index in [1.54, 1.807) is 18.4 Å². The number of nitrogens with one attached hydrogen (secondary N) is 1. The van der Waals surface area contributed by atoms with E-state index in [9.17, 15) is 4.79 Å². The zero-order chi connectivity index (χ0) is 21.2. The molecule has 0 aliphatic carbocycles. The Morgan fingerprint density at radius 2 is 1.81 bits per heavy atom. The number of ether oxygens (including phenoxy) is 1. The summed E-state index contributed by atoms with van der Waals surface area (Å²) >= 11 is 1.56. The first-order valence-electron chi connectivity index (χ1n) is 10.3. The molecular formula is C25H24ClN3O2S. The van der Waals surface area contributed by atoms with Crippen LogP contribution in [0.4, 0.5) is 5.13 Å². The molecular weight excluding hydrogens is 442 g/mol. The predicted octanol–water partition coefficient (Wildman–Crippen LogP) is 5.54. The fourth-order valence-corrected chi connectivity index (χ4v) is 5.05. The van der Waals surface area contributed by atoms with Crippen LogP contribution in [-0.4, -0.2) is 29.4 Å². The number of anilines is 1. The second kappa shape index (κ2) is 9.69. The summed E-state index contributed by atoms with van der Waals surface area (Å²) in [4.78, 5) is 21.4. The third-order valence-corrected chi connectivity index (χ3v) is 6.59. The summed E-state index contributed by atoms with van der Waals surface area (Å²) in [6.45, 7) is 2.75. The van der Waals surface area contributed by atoms with Crippen LogP contribution in [0.3, 0.4) is 0 Å². The molecule has 3 aromatic carbocycles. The number of fused-ring (bicyclic) bond motifs is 2. The van der Waals surface area contributed by atoms with Gasteiger partial charge in [-0.15, -0.1) is 23.7 Å². The Kier molecular flexibility index (Phi) is 6.74. The Labute approximate surface area is 197 Å². The largest absolute Gasteiger partial charge is 0.496 e. The molecule has 2 heterocycles. The Bertz CT molecular complexity index is 1240. The quantitative estimate of drug-likeness (QED) is 0.420. The maximum absolute atomic E-state index is 13.0. The smallest absolute Gasteiger partial charge is 0.261 e. The van der Waals surface area contributed by atoms with Crippen molar-refractivity contribution in [3.63, 3.8) is 0 Å². The van der Waals surface area contributed by atoms with Gasteiger partial charge in [0.1, 0.15) is 5.75 Å². The van der Waals surface area contributed by atoms with Crippen LogP contribution in [0.1, 0.15) is 26.5 Å². The predicted molar refractivity (Wildman–Crippen MR) is 132 cm³/mol. The van der Waals surface area contributed by atoms with Gasteiger partial charge in [0.2, 0.25) is 0 Å². The van der Waals surface area contributed by atoms with Crippen molar-refractivity contribution in [3.05, 3.63) is 88.4 Å². The molecule has 5 rings (SSSR count). The number of methoxy groups -OCH3 is 1. The first-order valence-corrected chi connectivity index (χ1v) is 11.1. The molecule has 32 heavy (non-hydrogen) atoms. The highest BCUT2D eigenvalue weighted by Crippen LogP contribution is 2.31. The van der Waals surface area contributed by atoms with Crippen LogP contribution < -0.4 is 10.1 Å². The van der Waals surface area contributed by atoms with E-state index in [4.69, 9.17) is 9.72 Å². The number of aromatic nitrogens is 1. The first-order chi connectivity index (χ1) is 15.2. The number of hydrogen-bond acceptors (Lipinski definition) is 5. The Hall–Kier alpha value is -2.93. The maximum Gasteiger partial charge on any atom is 0.261 e. The van der Waals surface area contributed by atoms with Crippen molar-refractivity contribution in [3.8, 4) is 5.75 Å². The van der Waals surface area contributed by atoms with Gasteiger partial charge in [-0.05, 0) is 28.5 Å². The summed E-state index contributed by atoms with van der Waals surface area (Å²) in [6, 6.07) is 22.2. The van der Waals surface area contributed by atoms with Gasteiger partial charge in [0, 0.05) is 30.9 Å². The van der Waals surface area contributed by atoms with E-state index in [0.717, 1.165) is 42.5 Å². The number of hydrogen-bond donors (Lipinski definition) is 1. The van der Waals surface area contributed by atoms with Gasteiger partial charge in [-0.2, -0.15) is 0 Å². The van der Waals surface area contributed by atoms with Gasteiger partial charge in [0.05, 0.1) is 18.4 Å². The molecule has 0 unspecified atom stereocenters. The minimum Gasteiger partial charge on any atom is -0.496 e.